The molecular weight excluding hydrogens is 269 g/mol. The number of nitrogens with one attached hydrogen (secondary N) is 3. The first-order valence-corrected chi connectivity index (χ1v) is 6.29. The number of H-pyrrole nitrogens is 2. The number of carbonyl (C=O) groups excluding carboxylic acids is 1. The Morgan fingerprint density at radius 2 is 2.26 bits per heavy atom. The molecule has 1 aromatic carbocycles. The van der Waals surface area contributed by atoms with Crippen LogP contribution in [0.1, 0.15) is 23.7 Å². The molecule has 1 unspecified atom stereocenters. The lowest BCUT2D eigenvalue weighted by Crippen LogP contribution is -2.37. The maximum Gasteiger partial charge on any atom is 0.253 e. The molecule has 2 aromatic rings. The molecule has 0 aliphatic heterocycles. The fourth-order valence-corrected chi connectivity index (χ4v) is 2.04. The number of hydrogen-bond donors (Lipinski definition) is 4. The molecule has 0 radical (unpaired) electrons. The van der Waals surface area contributed by atoms with Gasteiger partial charge in [0.1, 0.15) is 5.82 Å². The van der Waals surface area contributed by atoms with E-state index in [2.05, 4.69) is 15.3 Å². The van der Waals surface area contributed by atoms with Gasteiger partial charge in [0.05, 0.1) is 29.2 Å². The highest BCUT2D eigenvalue weighted by molar-refractivity contribution is 7.71. The van der Waals surface area contributed by atoms with Crippen molar-refractivity contribution >= 4 is 29.2 Å². The van der Waals surface area contributed by atoms with E-state index in [0.717, 1.165) is 6.07 Å². The second-order valence-electron chi connectivity index (χ2n) is 4.22. The van der Waals surface area contributed by atoms with Crippen LogP contribution in [0.2, 0.25) is 0 Å². The summed E-state index contributed by atoms with van der Waals surface area (Å²) in [6.45, 7) is 1.68. The van der Waals surface area contributed by atoms with Gasteiger partial charge < -0.3 is 20.4 Å². The molecule has 1 amide bonds. The van der Waals surface area contributed by atoms with Gasteiger partial charge in [-0.2, -0.15) is 0 Å². The maximum atomic E-state index is 13.5. The molecule has 19 heavy (non-hydrogen) atoms. The SMILES string of the molecule is CCC(CO)NC(=O)c1cc(F)cc2[nH]c(=S)[nH]c12. The average molecular weight is 283 g/mol. The number of aromatic nitrogens is 2. The minimum atomic E-state index is -0.528. The van der Waals surface area contributed by atoms with E-state index in [1.807, 2.05) is 6.92 Å². The number of aliphatic hydroxyl groups excluding tert-OH is 1. The molecule has 5 nitrogen and oxygen atoms in total. The molecule has 4 N–H and O–H groups in total. The number of amides is 1. The Balaban J connectivity index is 2.43. The first-order valence-electron chi connectivity index (χ1n) is 5.88. The third kappa shape index (κ3) is 2.82. The fraction of sp³-hybridized carbons (Fsp3) is 0.333. The third-order valence-electron chi connectivity index (χ3n) is 2.88. The quantitative estimate of drug-likeness (QED) is 0.647. The zero-order valence-electron chi connectivity index (χ0n) is 10.3. The lowest BCUT2D eigenvalue weighted by Gasteiger charge is -2.14. The maximum absolute atomic E-state index is 13.5. The Bertz CT molecular complexity index is 661. The second-order valence-corrected chi connectivity index (χ2v) is 4.62. The van der Waals surface area contributed by atoms with Crippen LogP contribution < -0.4 is 5.32 Å². The molecule has 0 spiro atoms. The van der Waals surface area contributed by atoms with Gasteiger partial charge in [-0.05, 0) is 30.8 Å². The van der Waals surface area contributed by atoms with E-state index in [-0.39, 0.29) is 18.2 Å². The summed E-state index contributed by atoms with van der Waals surface area (Å²) in [6, 6.07) is 2.05. The number of fused-ring (bicyclic) bond motifs is 1. The van der Waals surface area contributed by atoms with E-state index in [1.54, 1.807) is 0 Å². The highest BCUT2D eigenvalue weighted by Gasteiger charge is 2.16. The van der Waals surface area contributed by atoms with Gasteiger partial charge in [0.15, 0.2) is 4.77 Å². The normalized spacial score (nSPS) is 12.6. The highest BCUT2D eigenvalue weighted by atomic mass is 32.1. The van der Waals surface area contributed by atoms with E-state index < -0.39 is 11.7 Å². The first kappa shape index (κ1) is 13.7. The van der Waals surface area contributed by atoms with Crippen LogP contribution in [-0.2, 0) is 0 Å². The molecule has 0 fully saturated rings. The number of imidazole rings is 1. The molecule has 0 saturated carbocycles. The van der Waals surface area contributed by atoms with Crippen molar-refractivity contribution in [1.29, 1.82) is 0 Å². The number of rotatable bonds is 4. The monoisotopic (exact) mass is 283 g/mol. The van der Waals surface area contributed by atoms with Gasteiger partial charge >= 0.3 is 0 Å². The second kappa shape index (κ2) is 5.50. The minimum Gasteiger partial charge on any atom is -0.394 e. The minimum absolute atomic E-state index is 0.161. The lowest BCUT2D eigenvalue weighted by atomic mass is 10.1. The molecule has 0 saturated heterocycles. The molecule has 2 rings (SSSR count). The predicted octanol–water partition coefficient (Wildman–Crippen LogP) is 1.87. The number of benzene rings is 1. The van der Waals surface area contributed by atoms with Crippen molar-refractivity contribution in [2.75, 3.05) is 6.61 Å². The third-order valence-corrected chi connectivity index (χ3v) is 3.09. The molecule has 7 heteroatoms. The van der Waals surface area contributed by atoms with Gasteiger partial charge in [0.2, 0.25) is 0 Å². The Morgan fingerprint density at radius 1 is 1.53 bits per heavy atom. The van der Waals surface area contributed by atoms with Gasteiger partial charge in [0.25, 0.3) is 5.91 Å². The van der Waals surface area contributed by atoms with Crippen LogP contribution >= 0.6 is 12.2 Å². The van der Waals surface area contributed by atoms with Crippen molar-refractivity contribution in [3.63, 3.8) is 0 Å². The van der Waals surface area contributed by atoms with Crippen molar-refractivity contribution in [1.82, 2.24) is 15.3 Å². The zero-order chi connectivity index (χ0) is 14.0. The van der Waals surface area contributed by atoms with E-state index in [0.29, 0.717) is 22.2 Å². The summed E-state index contributed by atoms with van der Waals surface area (Å²) in [4.78, 5) is 17.7. The molecular formula is C12H14FN3O2S. The smallest absolute Gasteiger partial charge is 0.253 e. The van der Waals surface area contributed by atoms with Crippen LogP contribution in [0.25, 0.3) is 11.0 Å². The standard InChI is InChI=1S/C12H14FN3O2S/c1-2-7(5-17)14-11(18)8-3-6(13)4-9-10(8)16-12(19)15-9/h3-4,7,17H,2,5H2,1H3,(H,14,18)(H2,15,16,19). The van der Waals surface area contributed by atoms with Gasteiger partial charge in [0, 0.05) is 0 Å². The summed E-state index contributed by atoms with van der Waals surface area (Å²) in [5.74, 6) is -0.976. The van der Waals surface area contributed by atoms with Crippen molar-refractivity contribution in [3.05, 3.63) is 28.3 Å². The molecule has 0 aliphatic carbocycles. The fourth-order valence-electron chi connectivity index (χ4n) is 1.83. The van der Waals surface area contributed by atoms with Crippen LogP contribution in [-0.4, -0.2) is 33.6 Å². The highest BCUT2D eigenvalue weighted by Crippen LogP contribution is 2.18. The Hall–Kier alpha value is -1.73. The van der Waals surface area contributed by atoms with E-state index in [9.17, 15) is 9.18 Å². The Kier molecular flexibility index (Phi) is 3.96. The average Bonchev–Trinajstić information content (AvgIpc) is 2.74. The molecule has 102 valence electrons. The topological polar surface area (TPSA) is 80.9 Å². The Labute approximate surface area is 113 Å². The summed E-state index contributed by atoms with van der Waals surface area (Å²) in [6.07, 6.45) is 0.587. The van der Waals surface area contributed by atoms with Crippen LogP contribution in [0.15, 0.2) is 12.1 Å². The first-order chi connectivity index (χ1) is 9.05. The van der Waals surface area contributed by atoms with Crippen LogP contribution in [0.5, 0.6) is 0 Å². The molecule has 1 heterocycles. The number of hydrogen-bond acceptors (Lipinski definition) is 3. The van der Waals surface area contributed by atoms with Crippen molar-refractivity contribution in [2.45, 2.75) is 19.4 Å². The molecule has 0 bridgehead atoms. The molecule has 0 aliphatic rings. The number of halogens is 1. The van der Waals surface area contributed by atoms with E-state index in [4.69, 9.17) is 17.3 Å². The Morgan fingerprint density at radius 3 is 2.89 bits per heavy atom. The largest absolute Gasteiger partial charge is 0.394 e. The summed E-state index contributed by atoms with van der Waals surface area (Å²) < 4.78 is 13.8. The molecule has 1 atom stereocenters. The van der Waals surface area contributed by atoms with Crippen LogP contribution in [0, 0.1) is 10.6 Å². The predicted molar refractivity (Wildman–Crippen MR) is 72.1 cm³/mol. The summed E-state index contributed by atoms with van der Waals surface area (Å²) in [7, 11) is 0. The number of carbonyl (C=O) groups is 1. The summed E-state index contributed by atoms with van der Waals surface area (Å²) in [5.41, 5.74) is 1.05. The number of aliphatic hydroxyl groups is 1. The van der Waals surface area contributed by atoms with Gasteiger partial charge in [-0.15, -0.1) is 0 Å². The summed E-state index contributed by atoms with van der Waals surface area (Å²) in [5, 5.41) is 11.7. The number of aromatic amines is 2. The van der Waals surface area contributed by atoms with Crippen LogP contribution in [0.4, 0.5) is 4.39 Å². The zero-order valence-corrected chi connectivity index (χ0v) is 11.1. The van der Waals surface area contributed by atoms with Gasteiger partial charge in [-0.3, -0.25) is 4.79 Å². The van der Waals surface area contributed by atoms with Crippen molar-refractivity contribution in [3.8, 4) is 0 Å². The van der Waals surface area contributed by atoms with Crippen molar-refractivity contribution < 1.29 is 14.3 Å². The van der Waals surface area contributed by atoms with Gasteiger partial charge in [-0.25, -0.2) is 4.39 Å². The van der Waals surface area contributed by atoms with Gasteiger partial charge in [-0.1, -0.05) is 6.92 Å². The van der Waals surface area contributed by atoms with Crippen molar-refractivity contribution in [2.24, 2.45) is 0 Å². The molecule has 1 aromatic heterocycles. The van der Waals surface area contributed by atoms with E-state index >= 15 is 0 Å². The summed E-state index contributed by atoms with van der Waals surface area (Å²) >= 11 is 4.93. The lowest BCUT2D eigenvalue weighted by molar-refractivity contribution is 0.0916. The van der Waals surface area contributed by atoms with Crippen LogP contribution in [0.3, 0.4) is 0 Å². The van der Waals surface area contributed by atoms with E-state index in [1.165, 1.54) is 6.07 Å².